The van der Waals surface area contributed by atoms with E-state index in [1.165, 1.54) is 12.1 Å². The number of carbonyl (C=O) groups is 1. The average molecular weight is 224 g/mol. The maximum atomic E-state index is 13.2. The third kappa shape index (κ3) is 2.30. The minimum Gasteiger partial charge on any atom is -0.394 e. The lowest BCUT2D eigenvalue weighted by atomic mass is 10.3. The van der Waals surface area contributed by atoms with E-state index in [4.69, 9.17) is 5.11 Å². The maximum absolute atomic E-state index is 13.2. The Bertz CT molecular complexity index is 405. The lowest BCUT2D eigenvalue weighted by Gasteiger charge is -2.15. The van der Waals surface area contributed by atoms with Crippen LogP contribution in [0.5, 0.6) is 0 Å². The van der Waals surface area contributed by atoms with Gasteiger partial charge in [0, 0.05) is 0 Å². The van der Waals surface area contributed by atoms with Crippen LogP contribution in [0.3, 0.4) is 0 Å². The lowest BCUT2D eigenvalue weighted by Crippen LogP contribution is -2.42. The molecule has 16 heavy (non-hydrogen) atoms. The molecule has 0 atom stereocenters. The standard InChI is InChI=1S/C11H13FN2O2/c12-8-3-1-2-4-9(8)13-10(16)14-11(7-15)5-6-11/h1-4,15H,5-7H2,(H2,13,14,16). The fraction of sp³-hybridized carbons (Fsp3) is 0.364. The smallest absolute Gasteiger partial charge is 0.319 e. The minimum absolute atomic E-state index is 0.0856. The molecule has 1 aromatic rings. The molecule has 2 amide bonds. The van der Waals surface area contributed by atoms with Crippen LogP contribution in [0.2, 0.25) is 0 Å². The monoisotopic (exact) mass is 224 g/mol. The van der Waals surface area contributed by atoms with Crippen LogP contribution < -0.4 is 10.6 Å². The molecular formula is C11H13FN2O2. The van der Waals surface area contributed by atoms with E-state index in [1.807, 2.05) is 0 Å². The molecule has 3 N–H and O–H groups in total. The lowest BCUT2D eigenvalue weighted by molar-refractivity contribution is 0.217. The number of urea groups is 1. The van der Waals surface area contributed by atoms with Crippen LogP contribution >= 0.6 is 0 Å². The second-order valence-electron chi connectivity index (χ2n) is 4.00. The highest BCUT2D eigenvalue weighted by Crippen LogP contribution is 2.34. The van der Waals surface area contributed by atoms with Crippen LogP contribution in [-0.4, -0.2) is 23.3 Å². The number of anilines is 1. The van der Waals surface area contributed by atoms with Crippen LogP contribution in [0.15, 0.2) is 24.3 Å². The Kier molecular flexibility index (Phi) is 2.78. The van der Waals surface area contributed by atoms with Gasteiger partial charge in [-0.1, -0.05) is 12.1 Å². The van der Waals surface area contributed by atoms with Crippen molar-refractivity contribution in [3.05, 3.63) is 30.1 Å². The van der Waals surface area contributed by atoms with Gasteiger partial charge in [0.2, 0.25) is 0 Å². The van der Waals surface area contributed by atoms with Gasteiger partial charge in [-0.15, -0.1) is 0 Å². The first-order valence-electron chi connectivity index (χ1n) is 5.10. The predicted octanol–water partition coefficient (Wildman–Crippen LogP) is 1.47. The van der Waals surface area contributed by atoms with Crippen molar-refractivity contribution in [2.45, 2.75) is 18.4 Å². The normalized spacial score (nSPS) is 16.6. The van der Waals surface area contributed by atoms with Crippen LogP contribution in [0.25, 0.3) is 0 Å². The second-order valence-corrected chi connectivity index (χ2v) is 4.00. The van der Waals surface area contributed by atoms with Gasteiger partial charge in [0.15, 0.2) is 0 Å². The van der Waals surface area contributed by atoms with Crippen LogP contribution in [0.4, 0.5) is 14.9 Å². The number of halogens is 1. The van der Waals surface area contributed by atoms with Crippen molar-refractivity contribution >= 4 is 11.7 Å². The molecule has 1 fully saturated rings. The number of rotatable bonds is 3. The average Bonchev–Trinajstić information content (AvgIpc) is 3.02. The van der Waals surface area contributed by atoms with Crippen LogP contribution in [-0.2, 0) is 0 Å². The molecule has 2 rings (SSSR count). The fourth-order valence-electron chi connectivity index (χ4n) is 1.43. The van der Waals surface area contributed by atoms with Crippen molar-refractivity contribution in [2.75, 3.05) is 11.9 Å². The number of hydrogen-bond acceptors (Lipinski definition) is 2. The van der Waals surface area contributed by atoms with Gasteiger partial charge < -0.3 is 15.7 Å². The highest BCUT2D eigenvalue weighted by atomic mass is 19.1. The van der Waals surface area contributed by atoms with Gasteiger partial charge in [0.25, 0.3) is 0 Å². The van der Waals surface area contributed by atoms with Gasteiger partial charge in [-0.2, -0.15) is 0 Å². The predicted molar refractivity (Wildman–Crippen MR) is 57.6 cm³/mol. The summed E-state index contributed by atoms with van der Waals surface area (Å²) in [6.07, 6.45) is 1.52. The van der Waals surface area contributed by atoms with E-state index in [2.05, 4.69) is 10.6 Å². The first-order valence-corrected chi connectivity index (χ1v) is 5.10. The summed E-state index contributed by atoms with van der Waals surface area (Å²) in [7, 11) is 0. The molecule has 0 aliphatic heterocycles. The molecule has 5 heteroatoms. The summed E-state index contributed by atoms with van der Waals surface area (Å²) < 4.78 is 13.2. The third-order valence-electron chi connectivity index (χ3n) is 2.66. The van der Waals surface area contributed by atoms with Crippen molar-refractivity contribution in [1.82, 2.24) is 5.32 Å². The fourth-order valence-corrected chi connectivity index (χ4v) is 1.43. The zero-order valence-electron chi connectivity index (χ0n) is 8.66. The molecule has 1 aliphatic rings. The van der Waals surface area contributed by atoms with Crippen LogP contribution in [0, 0.1) is 5.82 Å². The van der Waals surface area contributed by atoms with Gasteiger partial charge in [-0.3, -0.25) is 0 Å². The molecule has 0 heterocycles. The third-order valence-corrected chi connectivity index (χ3v) is 2.66. The van der Waals surface area contributed by atoms with Crippen molar-refractivity contribution in [1.29, 1.82) is 0 Å². The molecule has 86 valence electrons. The summed E-state index contributed by atoms with van der Waals surface area (Å²) in [5.74, 6) is -0.480. The molecule has 1 aromatic carbocycles. The number of para-hydroxylation sites is 1. The molecular weight excluding hydrogens is 211 g/mol. The van der Waals surface area contributed by atoms with Gasteiger partial charge in [-0.25, -0.2) is 9.18 Å². The summed E-state index contributed by atoms with van der Waals surface area (Å²) in [5, 5.41) is 14.0. The molecule has 1 aliphatic carbocycles. The SMILES string of the molecule is O=C(Nc1ccccc1F)NC1(CO)CC1. The van der Waals surface area contributed by atoms with Crippen molar-refractivity contribution in [3.63, 3.8) is 0 Å². The molecule has 0 aromatic heterocycles. The Morgan fingerprint density at radius 1 is 1.44 bits per heavy atom. The van der Waals surface area contributed by atoms with Crippen molar-refractivity contribution < 1.29 is 14.3 Å². The molecule has 0 bridgehead atoms. The van der Waals surface area contributed by atoms with E-state index < -0.39 is 17.4 Å². The van der Waals surface area contributed by atoms with E-state index >= 15 is 0 Å². The quantitative estimate of drug-likeness (QED) is 0.728. The first kappa shape index (κ1) is 10.9. The van der Waals surface area contributed by atoms with E-state index in [0.29, 0.717) is 0 Å². The van der Waals surface area contributed by atoms with Crippen molar-refractivity contribution in [2.24, 2.45) is 0 Å². The summed E-state index contributed by atoms with van der Waals surface area (Å²) in [4.78, 5) is 11.5. The molecule has 0 radical (unpaired) electrons. The van der Waals surface area contributed by atoms with Crippen molar-refractivity contribution in [3.8, 4) is 0 Å². The Morgan fingerprint density at radius 3 is 2.69 bits per heavy atom. The summed E-state index contributed by atoms with van der Waals surface area (Å²) >= 11 is 0. The zero-order valence-corrected chi connectivity index (χ0v) is 8.66. The topological polar surface area (TPSA) is 61.4 Å². The van der Waals surface area contributed by atoms with Gasteiger partial charge in [0.05, 0.1) is 17.8 Å². The molecule has 0 saturated heterocycles. The summed E-state index contributed by atoms with van der Waals surface area (Å²) in [5.41, 5.74) is -0.358. The van der Waals surface area contributed by atoms with Gasteiger partial charge >= 0.3 is 6.03 Å². The number of aliphatic hydroxyl groups excluding tert-OH is 1. The summed E-state index contributed by atoms with van der Waals surface area (Å²) in [6, 6.07) is 5.45. The second kappa shape index (κ2) is 4.09. The highest BCUT2D eigenvalue weighted by molar-refractivity contribution is 5.90. The number of amides is 2. The molecule has 0 unspecified atom stereocenters. The maximum Gasteiger partial charge on any atom is 0.319 e. The minimum atomic E-state index is -0.491. The number of nitrogens with one attached hydrogen (secondary N) is 2. The Balaban J connectivity index is 1.95. The Hall–Kier alpha value is -1.62. The number of hydrogen-bond donors (Lipinski definition) is 3. The largest absolute Gasteiger partial charge is 0.394 e. The van der Waals surface area contributed by atoms with Crippen LogP contribution in [0.1, 0.15) is 12.8 Å². The summed E-state index contributed by atoms with van der Waals surface area (Å²) in [6.45, 7) is -0.0856. The van der Waals surface area contributed by atoms with E-state index in [0.717, 1.165) is 12.8 Å². The van der Waals surface area contributed by atoms with Gasteiger partial charge in [0.1, 0.15) is 5.82 Å². The molecule has 1 saturated carbocycles. The number of aliphatic hydroxyl groups is 1. The van der Waals surface area contributed by atoms with Gasteiger partial charge in [-0.05, 0) is 25.0 Å². The number of carbonyl (C=O) groups excluding carboxylic acids is 1. The Morgan fingerprint density at radius 2 is 2.12 bits per heavy atom. The van der Waals surface area contributed by atoms with E-state index in [1.54, 1.807) is 12.1 Å². The first-order chi connectivity index (χ1) is 7.65. The Labute approximate surface area is 92.5 Å². The van der Waals surface area contributed by atoms with E-state index in [-0.39, 0.29) is 12.3 Å². The molecule has 0 spiro atoms. The molecule has 4 nitrogen and oxygen atoms in total. The zero-order chi connectivity index (χ0) is 11.6. The van der Waals surface area contributed by atoms with E-state index in [9.17, 15) is 9.18 Å². The highest BCUT2D eigenvalue weighted by Gasteiger charge is 2.43. The number of benzene rings is 1.